The summed E-state index contributed by atoms with van der Waals surface area (Å²) in [5, 5.41) is 18.3. The Balaban J connectivity index is 1.82. The topological polar surface area (TPSA) is 70.0 Å². The van der Waals surface area contributed by atoms with Crippen molar-refractivity contribution in [3.8, 4) is 0 Å². The van der Waals surface area contributed by atoms with Crippen LogP contribution in [0.3, 0.4) is 0 Å². The van der Waals surface area contributed by atoms with Crippen LogP contribution in [0.4, 0.5) is 4.79 Å². The summed E-state index contributed by atoms with van der Waals surface area (Å²) < 4.78 is 5.15. The van der Waals surface area contributed by atoms with E-state index in [9.17, 15) is 9.90 Å². The Morgan fingerprint density at radius 2 is 2.17 bits per heavy atom. The average Bonchev–Trinajstić information content (AvgIpc) is 2.36. The number of likely N-dealkylation sites (tertiary alicyclic amines) is 1. The highest BCUT2D eigenvalue weighted by Crippen LogP contribution is 2.22. The number of rotatable bonds is 4. The van der Waals surface area contributed by atoms with E-state index in [0.717, 1.165) is 5.56 Å². The number of hydrogen-bond acceptors (Lipinski definition) is 4. The van der Waals surface area contributed by atoms with E-state index in [-0.39, 0.29) is 19.3 Å². The third-order valence-corrected chi connectivity index (χ3v) is 3.14. The van der Waals surface area contributed by atoms with Crippen LogP contribution in [0.2, 0.25) is 0 Å². The molecule has 0 aromatic heterocycles. The summed E-state index contributed by atoms with van der Waals surface area (Å²) in [6, 6.07) is 9.09. The summed E-state index contributed by atoms with van der Waals surface area (Å²) in [6.45, 7) is 0.445. The molecular weight excluding hydrogens is 234 g/mol. The Hall–Kier alpha value is -1.59. The summed E-state index contributed by atoms with van der Waals surface area (Å²) in [6.07, 6.45) is -0.632. The van der Waals surface area contributed by atoms with Crippen LogP contribution in [0, 0.1) is 0 Å². The van der Waals surface area contributed by atoms with Gasteiger partial charge in [-0.2, -0.15) is 0 Å². The van der Waals surface area contributed by atoms with Crippen LogP contribution in [0.25, 0.3) is 0 Å². The van der Waals surface area contributed by atoms with Gasteiger partial charge < -0.3 is 19.8 Å². The SMILES string of the molecule is O=C(OCc1ccccc1)N1CCC1C(O)CO. The molecule has 1 aliphatic rings. The van der Waals surface area contributed by atoms with E-state index in [4.69, 9.17) is 9.84 Å². The van der Waals surface area contributed by atoms with Crippen molar-refractivity contribution in [2.24, 2.45) is 0 Å². The third-order valence-electron chi connectivity index (χ3n) is 3.14. The number of nitrogens with zero attached hydrogens (tertiary/aromatic N) is 1. The molecular formula is C13H17NO4. The second-order valence-electron chi connectivity index (χ2n) is 4.34. The minimum absolute atomic E-state index is 0.220. The van der Waals surface area contributed by atoms with Gasteiger partial charge in [-0.15, -0.1) is 0 Å². The molecule has 1 amide bonds. The molecule has 2 atom stereocenters. The summed E-state index contributed by atoms with van der Waals surface area (Å²) in [5.41, 5.74) is 0.922. The Bertz CT molecular complexity index is 395. The first-order valence-corrected chi connectivity index (χ1v) is 5.98. The lowest BCUT2D eigenvalue weighted by Crippen LogP contribution is -2.57. The molecule has 0 spiro atoms. The molecule has 2 N–H and O–H groups in total. The number of hydrogen-bond donors (Lipinski definition) is 2. The van der Waals surface area contributed by atoms with E-state index >= 15 is 0 Å². The van der Waals surface area contributed by atoms with E-state index in [0.29, 0.717) is 13.0 Å². The van der Waals surface area contributed by atoms with E-state index in [1.807, 2.05) is 30.3 Å². The van der Waals surface area contributed by atoms with Gasteiger partial charge in [0.15, 0.2) is 0 Å². The van der Waals surface area contributed by atoms with Crippen molar-refractivity contribution in [2.75, 3.05) is 13.2 Å². The Morgan fingerprint density at radius 1 is 1.44 bits per heavy atom. The summed E-state index contributed by atoms with van der Waals surface area (Å²) >= 11 is 0. The zero-order valence-corrected chi connectivity index (χ0v) is 10.0. The van der Waals surface area contributed by atoms with Gasteiger partial charge in [-0.3, -0.25) is 0 Å². The first-order chi connectivity index (χ1) is 8.72. The highest BCUT2D eigenvalue weighted by atomic mass is 16.6. The van der Waals surface area contributed by atoms with Crippen LogP contribution in [0.15, 0.2) is 30.3 Å². The highest BCUT2D eigenvalue weighted by molar-refractivity contribution is 5.69. The second-order valence-corrected chi connectivity index (χ2v) is 4.34. The predicted molar refractivity (Wildman–Crippen MR) is 64.8 cm³/mol. The molecule has 0 bridgehead atoms. The molecule has 1 saturated heterocycles. The van der Waals surface area contributed by atoms with Crippen LogP contribution in [-0.4, -0.2) is 46.5 Å². The maximum Gasteiger partial charge on any atom is 0.410 e. The molecule has 98 valence electrons. The summed E-state index contributed by atoms with van der Waals surface area (Å²) in [4.78, 5) is 13.2. The molecule has 1 fully saturated rings. The largest absolute Gasteiger partial charge is 0.445 e. The third kappa shape index (κ3) is 2.80. The van der Waals surface area contributed by atoms with Gasteiger partial charge in [0.1, 0.15) is 6.61 Å². The van der Waals surface area contributed by atoms with Gasteiger partial charge >= 0.3 is 6.09 Å². The Kier molecular flexibility index (Phi) is 4.17. The number of aliphatic hydroxyl groups excluding tert-OH is 2. The molecule has 5 heteroatoms. The number of benzene rings is 1. The predicted octanol–water partition coefficient (Wildman–Crippen LogP) is 0.751. The molecule has 1 aromatic carbocycles. The highest BCUT2D eigenvalue weighted by Gasteiger charge is 2.37. The smallest absolute Gasteiger partial charge is 0.410 e. The van der Waals surface area contributed by atoms with Crippen LogP contribution < -0.4 is 0 Å². The zero-order chi connectivity index (χ0) is 13.0. The summed E-state index contributed by atoms with van der Waals surface area (Å²) in [7, 11) is 0. The van der Waals surface area contributed by atoms with Crippen LogP contribution in [0.1, 0.15) is 12.0 Å². The fourth-order valence-corrected chi connectivity index (χ4v) is 1.96. The second kappa shape index (κ2) is 5.84. The fourth-order valence-electron chi connectivity index (χ4n) is 1.96. The molecule has 1 aromatic rings. The molecule has 0 aliphatic carbocycles. The monoisotopic (exact) mass is 251 g/mol. The molecule has 0 saturated carbocycles. The molecule has 1 heterocycles. The molecule has 2 unspecified atom stereocenters. The van der Waals surface area contributed by atoms with Crippen LogP contribution in [0.5, 0.6) is 0 Å². The normalized spacial score (nSPS) is 20.1. The minimum atomic E-state index is -0.886. The minimum Gasteiger partial charge on any atom is -0.445 e. The van der Waals surface area contributed by atoms with Gasteiger partial charge in [-0.1, -0.05) is 30.3 Å². The van der Waals surface area contributed by atoms with Crippen molar-refractivity contribution in [1.82, 2.24) is 4.90 Å². The van der Waals surface area contributed by atoms with E-state index in [1.54, 1.807) is 0 Å². The van der Waals surface area contributed by atoms with Gasteiger partial charge in [-0.25, -0.2) is 4.79 Å². The number of carbonyl (C=O) groups is 1. The van der Waals surface area contributed by atoms with Crippen molar-refractivity contribution < 1.29 is 19.7 Å². The molecule has 1 aliphatic heterocycles. The number of aliphatic hydroxyl groups is 2. The van der Waals surface area contributed by atoms with Crippen LogP contribution in [-0.2, 0) is 11.3 Å². The maximum atomic E-state index is 11.7. The average molecular weight is 251 g/mol. The van der Waals surface area contributed by atoms with E-state index in [1.165, 1.54) is 4.90 Å². The lowest BCUT2D eigenvalue weighted by Gasteiger charge is -2.42. The number of ether oxygens (including phenoxy) is 1. The lowest BCUT2D eigenvalue weighted by atomic mass is 9.98. The van der Waals surface area contributed by atoms with Gasteiger partial charge in [0, 0.05) is 6.54 Å². The molecule has 5 nitrogen and oxygen atoms in total. The van der Waals surface area contributed by atoms with Crippen molar-refractivity contribution in [3.63, 3.8) is 0 Å². The van der Waals surface area contributed by atoms with Crippen molar-refractivity contribution in [3.05, 3.63) is 35.9 Å². The molecule has 2 rings (SSSR count). The molecule has 18 heavy (non-hydrogen) atoms. The van der Waals surface area contributed by atoms with E-state index in [2.05, 4.69) is 0 Å². The summed E-state index contributed by atoms with van der Waals surface area (Å²) in [5.74, 6) is 0. The van der Waals surface area contributed by atoms with Gasteiger partial charge in [0.05, 0.1) is 18.8 Å². The van der Waals surface area contributed by atoms with E-state index < -0.39 is 12.2 Å². The molecule has 0 radical (unpaired) electrons. The van der Waals surface area contributed by atoms with Gasteiger partial charge in [0.25, 0.3) is 0 Å². The first kappa shape index (κ1) is 12.9. The fraction of sp³-hybridized carbons (Fsp3) is 0.462. The Labute approximate surface area is 106 Å². The number of carbonyl (C=O) groups excluding carboxylic acids is 1. The quantitative estimate of drug-likeness (QED) is 0.828. The van der Waals surface area contributed by atoms with Gasteiger partial charge in [0.2, 0.25) is 0 Å². The first-order valence-electron chi connectivity index (χ1n) is 5.98. The van der Waals surface area contributed by atoms with Crippen molar-refractivity contribution >= 4 is 6.09 Å². The Morgan fingerprint density at radius 3 is 2.72 bits per heavy atom. The standard InChI is InChI=1S/C13H17NO4/c15-8-12(16)11-6-7-14(11)13(17)18-9-10-4-2-1-3-5-10/h1-5,11-12,15-16H,6-9H2. The lowest BCUT2D eigenvalue weighted by molar-refractivity contribution is -0.0366. The van der Waals surface area contributed by atoms with Gasteiger partial charge in [-0.05, 0) is 12.0 Å². The zero-order valence-electron chi connectivity index (χ0n) is 10.0. The van der Waals surface area contributed by atoms with Crippen molar-refractivity contribution in [1.29, 1.82) is 0 Å². The van der Waals surface area contributed by atoms with Crippen LogP contribution >= 0.6 is 0 Å². The number of amides is 1. The maximum absolute atomic E-state index is 11.7. The van der Waals surface area contributed by atoms with Crippen molar-refractivity contribution in [2.45, 2.75) is 25.2 Å².